The molecule has 0 aliphatic rings. The number of hydrogen-bond donors (Lipinski definition) is 4. The fourth-order valence-corrected chi connectivity index (χ4v) is 0.446. The van der Waals surface area contributed by atoms with Gasteiger partial charge in [-0.3, -0.25) is 0 Å². The second-order valence-electron chi connectivity index (χ2n) is 2.21. The Bertz CT molecular complexity index is 77.0. The normalized spacial score (nSPS) is 16.4. The SMILES string of the molecule is OC[C@@H](O)COC[C@@H](O)CO. The molecule has 0 rings (SSSR count). The summed E-state index contributed by atoms with van der Waals surface area (Å²) >= 11 is 0. The molecule has 0 aromatic rings. The maximum absolute atomic E-state index is 8.72. The number of ether oxygens (including phenoxy) is 1. The van der Waals surface area contributed by atoms with Crippen molar-refractivity contribution in [3.63, 3.8) is 0 Å². The lowest BCUT2D eigenvalue weighted by molar-refractivity contribution is -0.0364. The fourth-order valence-electron chi connectivity index (χ4n) is 0.446. The van der Waals surface area contributed by atoms with Crippen LogP contribution in [0.4, 0.5) is 0 Å². The zero-order valence-corrected chi connectivity index (χ0v) is 6.18. The van der Waals surface area contributed by atoms with Crippen molar-refractivity contribution >= 4 is 0 Å². The minimum Gasteiger partial charge on any atom is -0.394 e. The second kappa shape index (κ2) is 6.51. The molecule has 0 heterocycles. The van der Waals surface area contributed by atoms with E-state index in [-0.39, 0.29) is 26.4 Å². The summed E-state index contributed by atoms with van der Waals surface area (Å²) in [5.41, 5.74) is 0. The van der Waals surface area contributed by atoms with Crippen LogP contribution >= 0.6 is 0 Å². The van der Waals surface area contributed by atoms with E-state index in [1.54, 1.807) is 0 Å². The Morgan fingerprint density at radius 3 is 1.55 bits per heavy atom. The fraction of sp³-hybridized carbons (Fsp3) is 1.00. The second-order valence-corrected chi connectivity index (χ2v) is 2.21. The van der Waals surface area contributed by atoms with Gasteiger partial charge in [-0.25, -0.2) is 0 Å². The highest BCUT2D eigenvalue weighted by atomic mass is 16.5. The zero-order valence-electron chi connectivity index (χ0n) is 6.18. The number of aliphatic hydroxyl groups excluding tert-OH is 4. The molecule has 0 aromatic heterocycles. The van der Waals surface area contributed by atoms with Crippen molar-refractivity contribution in [1.29, 1.82) is 0 Å². The molecule has 5 nitrogen and oxygen atoms in total. The lowest BCUT2D eigenvalue weighted by Crippen LogP contribution is -2.25. The third-order valence-corrected chi connectivity index (χ3v) is 1.04. The van der Waals surface area contributed by atoms with Crippen LogP contribution in [0.1, 0.15) is 0 Å². The lowest BCUT2D eigenvalue weighted by atomic mass is 10.4. The molecule has 0 saturated heterocycles. The van der Waals surface area contributed by atoms with Crippen molar-refractivity contribution in [2.75, 3.05) is 26.4 Å². The Labute approximate surface area is 64.9 Å². The Balaban J connectivity index is 3.13. The van der Waals surface area contributed by atoms with Crippen LogP contribution < -0.4 is 0 Å². The van der Waals surface area contributed by atoms with Crippen LogP contribution in [0, 0.1) is 0 Å². The highest BCUT2D eigenvalue weighted by Gasteiger charge is 2.04. The van der Waals surface area contributed by atoms with Crippen molar-refractivity contribution in [2.45, 2.75) is 12.2 Å². The predicted octanol–water partition coefficient (Wildman–Crippen LogP) is -2.29. The van der Waals surface area contributed by atoms with Crippen LogP contribution in [0.2, 0.25) is 0 Å². The number of aliphatic hydroxyl groups is 4. The minimum absolute atomic E-state index is 0.0342. The molecule has 0 spiro atoms. The van der Waals surface area contributed by atoms with Crippen molar-refractivity contribution in [1.82, 2.24) is 0 Å². The quantitative estimate of drug-likeness (QED) is 0.356. The predicted molar refractivity (Wildman–Crippen MR) is 37.0 cm³/mol. The molecule has 0 aromatic carbocycles. The van der Waals surface area contributed by atoms with Gasteiger partial charge in [0.15, 0.2) is 0 Å². The molecule has 0 amide bonds. The smallest absolute Gasteiger partial charge is 0.100 e. The average Bonchev–Trinajstić information content (AvgIpc) is 2.04. The Morgan fingerprint density at radius 1 is 0.909 bits per heavy atom. The molecular weight excluding hydrogens is 152 g/mol. The number of rotatable bonds is 6. The lowest BCUT2D eigenvalue weighted by Gasteiger charge is -2.10. The highest BCUT2D eigenvalue weighted by molar-refractivity contribution is 4.52. The third-order valence-electron chi connectivity index (χ3n) is 1.04. The van der Waals surface area contributed by atoms with E-state index in [2.05, 4.69) is 0 Å². The van der Waals surface area contributed by atoms with E-state index in [4.69, 9.17) is 25.2 Å². The Kier molecular flexibility index (Phi) is 6.39. The van der Waals surface area contributed by atoms with Gasteiger partial charge in [-0.05, 0) is 0 Å². The van der Waals surface area contributed by atoms with Gasteiger partial charge in [-0.15, -0.1) is 0 Å². The monoisotopic (exact) mass is 166 g/mol. The van der Waals surface area contributed by atoms with Crippen LogP contribution in [0.5, 0.6) is 0 Å². The van der Waals surface area contributed by atoms with Crippen LogP contribution in [0.15, 0.2) is 0 Å². The minimum atomic E-state index is -0.916. The summed E-state index contributed by atoms with van der Waals surface area (Å²) in [4.78, 5) is 0. The van der Waals surface area contributed by atoms with Gasteiger partial charge in [-0.1, -0.05) is 0 Å². The summed E-state index contributed by atoms with van der Waals surface area (Å²) < 4.78 is 4.72. The summed E-state index contributed by atoms with van der Waals surface area (Å²) in [5.74, 6) is 0. The van der Waals surface area contributed by atoms with E-state index in [1.165, 1.54) is 0 Å². The largest absolute Gasteiger partial charge is 0.394 e. The van der Waals surface area contributed by atoms with Gasteiger partial charge in [0, 0.05) is 0 Å². The summed E-state index contributed by atoms with van der Waals surface area (Å²) in [6.45, 7) is -0.800. The van der Waals surface area contributed by atoms with Crippen molar-refractivity contribution in [3.8, 4) is 0 Å². The summed E-state index contributed by atoms with van der Waals surface area (Å²) in [7, 11) is 0. The van der Waals surface area contributed by atoms with E-state index in [1.807, 2.05) is 0 Å². The summed E-state index contributed by atoms with van der Waals surface area (Å²) in [6.07, 6.45) is -1.83. The van der Waals surface area contributed by atoms with Crippen LogP contribution in [0.25, 0.3) is 0 Å². The van der Waals surface area contributed by atoms with Crippen LogP contribution in [-0.4, -0.2) is 59.1 Å². The van der Waals surface area contributed by atoms with Crippen molar-refractivity contribution in [2.24, 2.45) is 0 Å². The first-order valence-corrected chi connectivity index (χ1v) is 3.36. The molecule has 0 bridgehead atoms. The molecule has 0 fully saturated rings. The topological polar surface area (TPSA) is 90.2 Å². The summed E-state index contributed by atoms with van der Waals surface area (Å²) in [6, 6.07) is 0. The first kappa shape index (κ1) is 10.8. The first-order valence-electron chi connectivity index (χ1n) is 3.36. The number of hydrogen-bond acceptors (Lipinski definition) is 5. The third kappa shape index (κ3) is 6.21. The molecule has 0 saturated carbocycles. The molecule has 11 heavy (non-hydrogen) atoms. The van der Waals surface area contributed by atoms with E-state index >= 15 is 0 Å². The van der Waals surface area contributed by atoms with Gasteiger partial charge in [0.1, 0.15) is 12.2 Å². The molecule has 0 aliphatic heterocycles. The maximum atomic E-state index is 8.72. The summed E-state index contributed by atoms with van der Waals surface area (Å²) in [5, 5.41) is 34.1. The molecule has 4 N–H and O–H groups in total. The van der Waals surface area contributed by atoms with Gasteiger partial charge in [0.25, 0.3) is 0 Å². The molecule has 2 atom stereocenters. The van der Waals surface area contributed by atoms with Gasteiger partial charge in [0.05, 0.1) is 26.4 Å². The average molecular weight is 166 g/mol. The van der Waals surface area contributed by atoms with E-state index in [0.29, 0.717) is 0 Å². The van der Waals surface area contributed by atoms with Crippen LogP contribution in [0.3, 0.4) is 0 Å². The standard InChI is InChI=1S/C6H14O5/c7-1-5(9)3-11-4-6(10)2-8/h5-10H,1-4H2/t5-,6+. The van der Waals surface area contributed by atoms with E-state index in [0.717, 1.165) is 0 Å². The highest BCUT2D eigenvalue weighted by Crippen LogP contribution is 1.87. The first-order chi connectivity index (χ1) is 5.20. The molecule has 68 valence electrons. The van der Waals surface area contributed by atoms with Gasteiger partial charge < -0.3 is 25.2 Å². The maximum Gasteiger partial charge on any atom is 0.100 e. The van der Waals surface area contributed by atoms with Crippen LogP contribution in [-0.2, 0) is 4.74 Å². The van der Waals surface area contributed by atoms with Gasteiger partial charge in [0.2, 0.25) is 0 Å². The molecule has 0 unspecified atom stereocenters. The van der Waals surface area contributed by atoms with Crippen molar-refractivity contribution in [3.05, 3.63) is 0 Å². The zero-order chi connectivity index (χ0) is 8.69. The van der Waals surface area contributed by atoms with E-state index < -0.39 is 12.2 Å². The van der Waals surface area contributed by atoms with E-state index in [9.17, 15) is 0 Å². The van der Waals surface area contributed by atoms with Gasteiger partial charge in [-0.2, -0.15) is 0 Å². The molecule has 5 heteroatoms. The molecular formula is C6H14O5. The Morgan fingerprint density at radius 2 is 1.27 bits per heavy atom. The van der Waals surface area contributed by atoms with Gasteiger partial charge >= 0.3 is 0 Å². The molecule has 0 radical (unpaired) electrons. The Hall–Kier alpha value is -0.200. The van der Waals surface area contributed by atoms with Crippen molar-refractivity contribution < 1.29 is 25.2 Å². The molecule has 0 aliphatic carbocycles.